The normalized spacial score (nSPS) is 20.0. The average molecular weight is 309 g/mol. The van der Waals surface area contributed by atoms with Gasteiger partial charge in [0.1, 0.15) is 5.82 Å². The summed E-state index contributed by atoms with van der Waals surface area (Å²) in [5.74, 6) is -0.401. The molecule has 7 heteroatoms. The fourth-order valence-corrected chi connectivity index (χ4v) is 4.49. The fourth-order valence-electron chi connectivity index (χ4n) is 2.72. The molecular weight excluding hydrogens is 293 g/mol. The molecule has 1 saturated heterocycles. The van der Waals surface area contributed by atoms with E-state index in [1.54, 1.807) is 19.3 Å². The number of aromatic amines is 1. The van der Waals surface area contributed by atoms with Crippen LogP contribution in [0.1, 0.15) is 30.0 Å². The van der Waals surface area contributed by atoms with Gasteiger partial charge < -0.3 is 0 Å². The Balaban J connectivity index is 1.99. The van der Waals surface area contributed by atoms with Crippen LogP contribution in [0.4, 0.5) is 4.39 Å². The Kier molecular flexibility index (Phi) is 3.54. The Hall–Kier alpha value is -1.73. The van der Waals surface area contributed by atoms with Crippen molar-refractivity contribution in [1.82, 2.24) is 14.5 Å². The summed E-state index contributed by atoms with van der Waals surface area (Å²) in [6, 6.07) is 3.70. The van der Waals surface area contributed by atoms with Crippen LogP contribution in [0.25, 0.3) is 0 Å². The van der Waals surface area contributed by atoms with Crippen LogP contribution in [0.5, 0.6) is 0 Å². The zero-order valence-electron chi connectivity index (χ0n) is 11.6. The predicted octanol–water partition coefficient (Wildman–Crippen LogP) is 2.38. The molecule has 1 aliphatic rings. The van der Waals surface area contributed by atoms with Crippen LogP contribution in [-0.4, -0.2) is 29.5 Å². The van der Waals surface area contributed by atoms with Crippen LogP contribution < -0.4 is 0 Å². The molecule has 0 saturated carbocycles. The van der Waals surface area contributed by atoms with Gasteiger partial charge in [-0.2, -0.15) is 9.40 Å². The van der Waals surface area contributed by atoms with Gasteiger partial charge in [0.05, 0.1) is 17.1 Å². The molecule has 0 aliphatic carbocycles. The molecule has 1 N–H and O–H groups in total. The molecule has 21 heavy (non-hydrogen) atoms. The predicted molar refractivity (Wildman–Crippen MR) is 75.6 cm³/mol. The summed E-state index contributed by atoms with van der Waals surface area (Å²) in [5, 5.41) is 6.60. The highest BCUT2D eigenvalue weighted by atomic mass is 32.2. The molecule has 3 rings (SSSR count). The second kappa shape index (κ2) is 5.23. The Labute approximate surface area is 122 Å². The zero-order chi connectivity index (χ0) is 15.0. The van der Waals surface area contributed by atoms with Crippen molar-refractivity contribution in [2.24, 2.45) is 0 Å². The van der Waals surface area contributed by atoms with E-state index in [4.69, 9.17) is 0 Å². The number of halogens is 1. The van der Waals surface area contributed by atoms with E-state index in [0.29, 0.717) is 12.1 Å². The first-order chi connectivity index (χ1) is 10.00. The molecule has 2 heterocycles. The smallest absolute Gasteiger partial charge is 0.243 e. The maximum atomic E-state index is 13.3. The minimum absolute atomic E-state index is 0.136. The Morgan fingerprint density at radius 1 is 1.43 bits per heavy atom. The van der Waals surface area contributed by atoms with Gasteiger partial charge >= 0.3 is 0 Å². The van der Waals surface area contributed by atoms with Crippen molar-refractivity contribution in [2.45, 2.75) is 30.7 Å². The number of hydrogen-bond donors (Lipinski definition) is 1. The van der Waals surface area contributed by atoms with Gasteiger partial charge in [0.15, 0.2) is 0 Å². The molecule has 2 aromatic rings. The van der Waals surface area contributed by atoms with E-state index < -0.39 is 15.8 Å². The fraction of sp³-hybridized carbons (Fsp3) is 0.357. The number of nitrogens with zero attached hydrogens (tertiary/aromatic N) is 2. The topological polar surface area (TPSA) is 66.1 Å². The van der Waals surface area contributed by atoms with Crippen LogP contribution in [-0.2, 0) is 10.0 Å². The van der Waals surface area contributed by atoms with Gasteiger partial charge in [0, 0.05) is 18.3 Å². The molecule has 112 valence electrons. The van der Waals surface area contributed by atoms with Gasteiger partial charge in [-0.25, -0.2) is 12.8 Å². The van der Waals surface area contributed by atoms with Crippen LogP contribution in [0.3, 0.4) is 0 Å². The SMILES string of the molecule is Cc1cc(S(=O)(=O)N2CCCC2c2cn[nH]c2)ccc1F. The first-order valence-electron chi connectivity index (χ1n) is 6.77. The summed E-state index contributed by atoms with van der Waals surface area (Å²) in [5.41, 5.74) is 1.19. The summed E-state index contributed by atoms with van der Waals surface area (Å²) >= 11 is 0. The zero-order valence-corrected chi connectivity index (χ0v) is 12.4. The number of benzene rings is 1. The molecule has 0 spiro atoms. The van der Waals surface area contributed by atoms with Gasteiger partial charge in [-0.05, 0) is 43.5 Å². The standard InChI is InChI=1S/C14H16FN3O2S/c1-10-7-12(4-5-13(10)15)21(19,20)18-6-2-3-14(18)11-8-16-17-9-11/h4-5,7-9,14H,2-3,6H2,1H3,(H,16,17). The van der Waals surface area contributed by atoms with E-state index in [1.165, 1.54) is 22.5 Å². The maximum absolute atomic E-state index is 13.3. The van der Waals surface area contributed by atoms with Crippen LogP contribution in [0.15, 0.2) is 35.5 Å². The van der Waals surface area contributed by atoms with Crippen LogP contribution >= 0.6 is 0 Å². The number of H-pyrrole nitrogens is 1. The van der Waals surface area contributed by atoms with E-state index >= 15 is 0 Å². The highest BCUT2D eigenvalue weighted by Gasteiger charge is 2.36. The lowest BCUT2D eigenvalue weighted by Gasteiger charge is -2.23. The highest BCUT2D eigenvalue weighted by Crippen LogP contribution is 2.36. The van der Waals surface area contributed by atoms with Gasteiger partial charge in [-0.1, -0.05) is 0 Å². The second-order valence-electron chi connectivity index (χ2n) is 5.22. The molecule has 1 aromatic heterocycles. The first kappa shape index (κ1) is 14.2. The van der Waals surface area contributed by atoms with Crippen molar-refractivity contribution >= 4 is 10.0 Å². The van der Waals surface area contributed by atoms with E-state index in [2.05, 4.69) is 10.2 Å². The number of hydrogen-bond acceptors (Lipinski definition) is 3. The van der Waals surface area contributed by atoms with E-state index in [0.717, 1.165) is 18.4 Å². The maximum Gasteiger partial charge on any atom is 0.243 e. The minimum Gasteiger partial charge on any atom is -0.285 e. The lowest BCUT2D eigenvalue weighted by Crippen LogP contribution is -2.30. The molecular formula is C14H16FN3O2S. The summed E-state index contributed by atoms with van der Waals surface area (Å²) in [6.45, 7) is 2.03. The van der Waals surface area contributed by atoms with Crippen molar-refractivity contribution in [3.63, 3.8) is 0 Å². The molecule has 1 fully saturated rings. The van der Waals surface area contributed by atoms with Gasteiger partial charge in [-0.3, -0.25) is 5.10 Å². The summed E-state index contributed by atoms with van der Waals surface area (Å²) in [6.07, 6.45) is 4.93. The largest absolute Gasteiger partial charge is 0.285 e. The van der Waals surface area contributed by atoms with E-state index in [1.807, 2.05) is 0 Å². The monoisotopic (exact) mass is 309 g/mol. The number of nitrogens with one attached hydrogen (secondary N) is 1. The van der Waals surface area contributed by atoms with E-state index in [9.17, 15) is 12.8 Å². The Bertz CT molecular complexity index is 744. The molecule has 1 unspecified atom stereocenters. The molecule has 1 aliphatic heterocycles. The Morgan fingerprint density at radius 2 is 2.24 bits per heavy atom. The van der Waals surface area contributed by atoms with E-state index in [-0.39, 0.29) is 10.9 Å². The second-order valence-corrected chi connectivity index (χ2v) is 7.11. The van der Waals surface area contributed by atoms with Crippen molar-refractivity contribution < 1.29 is 12.8 Å². The highest BCUT2D eigenvalue weighted by molar-refractivity contribution is 7.89. The van der Waals surface area contributed by atoms with Gasteiger partial charge in [0.2, 0.25) is 10.0 Å². The third kappa shape index (κ3) is 2.47. The van der Waals surface area contributed by atoms with Crippen LogP contribution in [0.2, 0.25) is 0 Å². The van der Waals surface area contributed by atoms with Gasteiger partial charge in [-0.15, -0.1) is 0 Å². The van der Waals surface area contributed by atoms with Gasteiger partial charge in [0.25, 0.3) is 0 Å². The summed E-state index contributed by atoms with van der Waals surface area (Å²) in [7, 11) is -3.63. The third-order valence-corrected chi connectivity index (χ3v) is 5.75. The summed E-state index contributed by atoms with van der Waals surface area (Å²) < 4.78 is 40.4. The third-order valence-electron chi connectivity index (χ3n) is 3.84. The first-order valence-corrected chi connectivity index (χ1v) is 8.21. The molecule has 0 amide bonds. The van der Waals surface area contributed by atoms with Crippen molar-refractivity contribution in [1.29, 1.82) is 0 Å². The lowest BCUT2D eigenvalue weighted by molar-refractivity contribution is 0.396. The van der Waals surface area contributed by atoms with Crippen molar-refractivity contribution in [2.75, 3.05) is 6.54 Å². The minimum atomic E-state index is -3.63. The quantitative estimate of drug-likeness (QED) is 0.946. The number of aryl methyl sites for hydroxylation is 1. The van der Waals surface area contributed by atoms with Crippen molar-refractivity contribution in [3.8, 4) is 0 Å². The molecule has 0 bridgehead atoms. The summed E-state index contributed by atoms with van der Waals surface area (Å²) in [4.78, 5) is 0.136. The average Bonchev–Trinajstić information content (AvgIpc) is 3.11. The molecule has 1 atom stereocenters. The van der Waals surface area contributed by atoms with Crippen molar-refractivity contribution in [3.05, 3.63) is 47.5 Å². The number of aromatic nitrogens is 2. The number of rotatable bonds is 3. The number of sulfonamides is 1. The molecule has 0 radical (unpaired) electrons. The molecule has 5 nitrogen and oxygen atoms in total. The Morgan fingerprint density at radius 3 is 2.90 bits per heavy atom. The van der Waals surface area contributed by atoms with Crippen LogP contribution in [0, 0.1) is 12.7 Å². The molecule has 1 aromatic carbocycles. The lowest BCUT2D eigenvalue weighted by atomic mass is 10.1.